The number of nitrogens with one attached hydrogen (secondary N) is 2. The zero-order valence-electron chi connectivity index (χ0n) is 18.2. The Kier molecular flexibility index (Phi) is 6.05. The van der Waals surface area contributed by atoms with Gasteiger partial charge in [-0.1, -0.05) is 12.5 Å². The molecular weight excluding hydrogens is 406 g/mol. The zero-order chi connectivity index (χ0) is 21.9. The Labute approximate surface area is 186 Å². The number of aromatic amines is 1. The Balaban J connectivity index is 1.22. The van der Waals surface area contributed by atoms with Crippen molar-refractivity contribution in [2.75, 3.05) is 26.2 Å². The largest absolute Gasteiger partial charge is 0.376 e. The molecule has 0 saturated carbocycles. The minimum atomic E-state index is -0.0734. The number of likely N-dealkylation sites (tertiary alicyclic amines) is 1. The van der Waals surface area contributed by atoms with Crippen molar-refractivity contribution in [2.24, 2.45) is 0 Å². The number of rotatable bonds is 6. The maximum absolute atomic E-state index is 12.9. The number of piperidine rings is 1. The Morgan fingerprint density at radius 2 is 2.19 bits per heavy atom. The quantitative estimate of drug-likeness (QED) is 0.619. The summed E-state index contributed by atoms with van der Waals surface area (Å²) in [4.78, 5) is 30.9. The first-order valence-electron chi connectivity index (χ1n) is 11.4. The van der Waals surface area contributed by atoms with Gasteiger partial charge in [-0.25, -0.2) is 4.68 Å². The topological polar surface area (TPSA) is 92.2 Å². The first kappa shape index (κ1) is 20.9. The molecule has 1 atom stereocenters. The lowest BCUT2D eigenvalue weighted by Crippen LogP contribution is -2.48. The number of aromatic nitrogens is 3. The van der Waals surface area contributed by atoms with Gasteiger partial charge >= 0.3 is 0 Å². The maximum Gasteiger partial charge on any atom is 0.267 e. The molecule has 5 rings (SSSR count). The first-order chi connectivity index (χ1) is 15.7. The number of hydrogen-bond acceptors (Lipinski definition) is 5. The SMILES string of the molecule is O=C(NCC1CCCCN1CCn1nc2c(cc1=O)COCC2)c1cccc2[nH]ccc12. The fourth-order valence-electron chi connectivity index (χ4n) is 4.81. The van der Waals surface area contributed by atoms with Gasteiger partial charge in [-0.15, -0.1) is 0 Å². The van der Waals surface area contributed by atoms with Crippen LogP contribution in [-0.2, 0) is 24.3 Å². The van der Waals surface area contributed by atoms with Gasteiger partial charge in [0.1, 0.15) is 0 Å². The average molecular weight is 436 g/mol. The summed E-state index contributed by atoms with van der Waals surface area (Å²) in [7, 11) is 0. The minimum absolute atomic E-state index is 0.0458. The molecule has 1 fully saturated rings. The van der Waals surface area contributed by atoms with Gasteiger partial charge in [-0.2, -0.15) is 5.10 Å². The Morgan fingerprint density at radius 3 is 3.12 bits per heavy atom. The smallest absolute Gasteiger partial charge is 0.267 e. The van der Waals surface area contributed by atoms with E-state index < -0.39 is 0 Å². The average Bonchev–Trinajstić information content (AvgIpc) is 3.31. The van der Waals surface area contributed by atoms with Crippen LogP contribution in [0.4, 0.5) is 0 Å². The van der Waals surface area contributed by atoms with E-state index in [-0.39, 0.29) is 17.5 Å². The summed E-state index contributed by atoms with van der Waals surface area (Å²) in [5.41, 5.74) is 3.47. The van der Waals surface area contributed by atoms with E-state index in [4.69, 9.17) is 4.74 Å². The van der Waals surface area contributed by atoms with E-state index >= 15 is 0 Å². The normalized spacial score (nSPS) is 19.1. The number of hydrogen-bond donors (Lipinski definition) is 2. The Morgan fingerprint density at radius 1 is 1.25 bits per heavy atom. The summed E-state index contributed by atoms with van der Waals surface area (Å²) in [6.45, 7) is 4.01. The van der Waals surface area contributed by atoms with Crippen molar-refractivity contribution in [1.82, 2.24) is 25.0 Å². The molecule has 8 heteroatoms. The molecule has 2 aromatic heterocycles. The molecule has 2 aliphatic heterocycles. The molecule has 1 saturated heterocycles. The van der Waals surface area contributed by atoms with Crippen LogP contribution in [-0.4, -0.2) is 57.9 Å². The van der Waals surface area contributed by atoms with Crippen LogP contribution in [0, 0.1) is 0 Å². The van der Waals surface area contributed by atoms with Gasteiger partial charge in [0.15, 0.2) is 0 Å². The maximum atomic E-state index is 12.9. The van der Waals surface area contributed by atoms with Crippen LogP contribution in [0.2, 0.25) is 0 Å². The predicted octanol–water partition coefficient (Wildman–Crippen LogP) is 2.08. The molecule has 1 aromatic carbocycles. The number of benzene rings is 1. The summed E-state index contributed by atoms with van der Waals surface area (Å²) in [6.07, 6.45) is 5.94. The number of ether oxygens (including phenoxy) is 1. The summed E-state index contributed by atoms with van der Waals surface area (Å²) in [5, 5.41) is 8.66. The van der Waals surface area contributed by atoms with E-state index in [1.54, 1.807) is 10.7 Å². The van der Waals surface area contributed by atoms with Gasteiger partial charge in [-0.3, -0.25) is 14.5 Å². The van der Waals surface area contributed by atoms with Gasteiger partial charge < -0.3 is 15.0 Å². The van der Waals surface area contributed by atoms with Crippen LogP contribution in [0.25, 0.3) is 10.9 Å². The van der Waals surface area contributed by atoms with Crippen molar-refractivity contribution in [1.29, 1.82) is 0 Å². The van der Waals surface area contributed by atoms with Crippen molar-refractivity contribution in [3.63, 3.8) is 0 Å². The fourth-order valence-corrected chi connectivity index (χ4v) is 4.81. The third-order valence-corrected chi connectivity index (χ3v) is 6.59. The van der Waals surface area contributed by atoms with Gasteiger partial charge in [0.25, 0.3) is 11.5 Å². The van der Waals surface area contributed by atoms with Crippen LogP contribution < -0.4 is 10.9 Å². The minimum Gasteiger partial charge on any atom is -0.376 e. The second-order valence-corrected chi connectivity index (χ2v) is 8.62. The van der Waals surface area contributed by atoms with Gasteiger partial charge in [0.05, 0.1) is 25.5 Å². The van der Waals surface area contributed by atoms with Crippen molar-refractivity contribution in [2.45, 2.75) is 44.9 Å². The van der Waals surface area contributed by atoms with Crippen molar-refractivity contribution in [3.8, 4) is 0 Å². The second kappa shape index (κ2) is 9.26. The standard InChI is InChI=1S/C24H29N5O3/c30-23-14-17-16-32-13-8-21(17)27-29(23)12-11-28-10-2-1-4-18(28)15-26-24(31)20-5-3-6-22-19(20)7-9-25-22/h3,5-7,9,14,18,25H,1-2,4,8,10-13,15-16H2,(H,26,31). The van der Waals surface area contributed by atoms with Crippen molar-refractivity contribution < 1.29 is 9.53 Å². The van der Waals surface area contributed by atoms with Crippen LogP contribution in [0.3, 0.4) is 0 Å². The number of H-pyrrole nitrogens is 1. The molecular formula is C24H29N5O3. The summed E-state index contributed by atoms with van der Waals surface area (Å²) >= 11 is 0. The number of amides is 1. The molecule has 168 valence electrons. The predicted molar refractivity (Wildman–Crippen MR) is 122 cm³/mol. The Hall–Kier alpha value is -2.97. The number of carbonyl (C=O) groups is 1. The van der Waals surface area contributed by atoms with Crippen LogP contribution in [0.1, 0.15) is 40.9 Å². The summed E-state index contributed by atoms with van der Waals surface area (Å²) in [5.74, 6) is -0.0458. The third kappa shape index (κ3) is 4.33. The van der Waals surface area contributed by atoms with Crippen LogP contribution >= 0.6 is 0 Å². The molecule has 4 heterocycles. The fraction of sp³-hybridized carbons (Fsp3) is 0.458. The van der Waals surface area contributed by atoms with Crippen molar-refractivity contribution >= 4 is 16.8 Å². The third-order valence-electron chi connectivity index (χ3n) is 6.59. The molecule has 3 aromatic rings. The summed E-state index contributed by atoms with van der Waals surface area (Å²) in [6, 6.07) is 9.60. The van der Waals surface area contributed by atoms with E-state index in [1.165, 1.54) is 0 Å². The highest BCUT2D eigenvalue weighted by molar-refractivity contribution is 6.06. The molecule has 2 N–H and O–H groups in total. The van der Waals surface area contributed by atoms with E-state index in [0.29, 0.717) is 31.9 Å². The highest BCUT2D eigenvalue weighted by Gasteiger charge is 2.24. The number of fused-ring (bicyclic) bond motifs is 2. The van der Waals surface area contributed by atoms with E-state index in [0.717, 1.165) is 60.9 Å². The number of carbonyl (C=O) groups excluding carboxylic acids is 1. The molecule has 32 heavy (non-hydrogen) atoms. The van der Waals surface area contributed by atoms with Gasteiger partial charge in [0, 0.05) is 59.8 Å². The van der Waals surface area contributed by atoms with Crippen LogP contribution in [0.15, 0.2) is 41.3 Å². The zero-order valence-corrected chi connectivity index (χ0v) is 18.2. The monoisotopic (exact) mass is 435 g/mol. The highest BCUT2D eigenvalue weighted by atomic mass is 16.5. The number of nitrogens with zero attached hydrogens (tertiary/aromatic N) is 3. The van der Waals surface area contributed by atoms with E-state index in [2.05, 4.69) is 20.3 Å². The lowest BCUT2D eigenvalue weighted by Gasteiger charge is -2.35. The second-order valence-electron chi connectivity index (χ2n) is 8.62. The molecule has 1 unspecified atom stereocenters. The lowest BCUT2D eigenvalue weighted by molar-refractivity contribution is 0.0909. The molecule has 1 amide bonds. The lowest BCUT2D eigenvalue weighted by atomic mass is 10.0. The highest BCUT2D eigenvalue weighted by Crippen LogP contribution is 2.19. The Bertz CT molecular complexity index is 1170. The van der Waals surface area contributed by atoms with E-state index in [1.807, 2.05) is 30.5 Å². The molecule has 0 bridgehead atoms. The molecule has 2 aliphatic rings. The van der Waals surface area contributed by atoms with E-state index in [9.17, 15) is 9.59 Å². The van der Waals surface area contributed by atoms with Crippen molar-refractivity contribution in [3.05, 3.63) is 63.7 Å². The van der Waals surface area contributed by atoms with Gasteiger partial charge in [0.2, 0.25) is 0 Å². The van der Waals surface area contributed by atoms with Crippen LogP contribution in [0.5, 0.6) is 0 Å². The molecule has 8 nitrogen and oxygen atoms in total. The van der Waals surface area contributed by atoms with Gasteiger partial charge in [-0.05, 0) is 37.6 Å². The molecule has 0 radical (unpaired) electrons. The first-order valence-corrected chi connectivity index (χ1v) is 11.4. The molecule has 0 spiro atoms. The summed E-state index contributed by atoms with van der Waals surface area (Å²) < 4.78 is 7.01. The molecule has 0 aliphatic carbocycles.